The molecule has 0 radical (unpaired) electrons. The molecule has 0 amide bonds. The molecule has 4 saturated heterocycles. The number of carbonyl (C=O) groups excluding carboxylic acids is 8. The van der Waals surface area contributed by atoms with Crippen LogP contribution in [0.15, 0.2) is 0 Å². The molecule has 9 N–H and O–H groups in total. The second kappa shape index (κ2) is 75.5. The molecule has 0 aromatic carbocycles. The van der Waals surface area contributed by atoms with Gasteiger partial charge in [-0.05, 0) is 109 Å². The van der Waals surface area contributed by atoms with Crippen LogP contribution >= 0.6 is 0 Å². The summed E-state index contributed by atoms with van der Waals surface area (Å²) in [6, 6.07) is 0. The van der Waals surface area contributed by atoms with Crippen LogP contribution in [0.25, 0.3) is 0 Å². The minimum Gasteiger partial charge on any atom is -0.469 e. The Morgan fingerprint density at radius 2 is 0.679 bits per heavy atom. The van der Waals surface area contributed by atoms with Crippen LogP contribution < -0.4 is 0 Å². The van der Waals surface area contributed by atoms with Crippen molar-refractivity contribution in [3.8, 4) is 0 Å². The molecule has 4 fully saturated rings. The third-order valence-electron chi connectivity index (χ3n) is 7.46. The van der Waals surface area contributed by atoms with Crippen LogP contribution in [0.2, 0.25) is 0 Å². The van der Waals surface area contributed by atoms with Gasteiger partial charge in [-0.15, -0.1) is 0 Å². The zero-order valence-corrected chi connectivity index (χ0v) is 51.9. The van der Waals surface area contributed by atoms with Gasteiger partial charge in [0.2, 0.25) is 0 Å². The number of aliphatic hydroxyl groups excluding tert-OH is 7. The molecule has 4 heterocycles. The Morgan fingerprint density at radius 1 is 0.457 bits per heavy atom. The van der Waals surface area contributed by atoms with E-state index in [0.29, 0.717) is 37.1 Å². The van der Waals surface area contributed by atoms with Crippen molar-refractivity contribution in [2.24, 2.45) is 0 Å². The number of rotatable bonds is 17. The first-order valence-electron chi connectivity index (χ1n) is 25.8. The molecule has 0 bridgehead atoms. The Kier molecular flexibility index (Phi) is 91.9. The van der Waals surface area contributed by atoms with Crippen LogP contribution in [0.1, 0.15) is 137 Å². The summed E-state index contributed by atoms with van der Waals surface area (Å²) >= 11 is 0. The number of carbonyl (C=O) groups is 4. The Bertz CT molecular complexity index is 1290. The quantitative estimate of drug-likeness (QED) is 0.0624. The Labute approximate surface area is 480 Å². The molecule has 0 spiro atoms. The average molecular weight is 1200 g/mol. The highest BCUT2D eigenvalue weighted by Gasteiger charge is 2.16. The maximum absolute atomic E-state index is 11.1. The van der Waals surface area contributed by atoms with Gasteiger partial charge in [0.05, 0.1) is 114 Å². The second-order valence-electron chi connectivity index (χ2n) is 17.3. The van der Waals surface area contributed by atoms with E-state index in [2.05, 4.69) is 70.0 Å². The van der Waals surface area contributed by atoms with E-state index in [4.69, 9.17) is 88.1 Å². The Hall–Kier alpha value is -4.52. The van der Waals surface area contributed by atoms with Crippen molar-refractivity contribution in [3.63, 3.8) is 0 Å². The number of aliphatic hydroxyl groups is 7. The molecule has 29 heteroatoms. The highest BCUT2D eigenvalue weighted by atomic mass is 16.8. The first kappa shape index (κ1) is 98.6. The van der Waals surface area contributed by atoms with Crippen molar-refractivity contribution in [1.29, 1.82) is 0 Å². The summed E-state index contributed by atoms with van der Waals surface area (Å²) in [4.78, 5) is 74.9. The number of ether oxygens (including phenoxy) is 13. The third-order valence-corrected chi connectivity index (χ3v) is 7.46. The van der Waals surface area contributed by atoms with E-state index in [9.17, 15) is 19.2 Å². The number of hydrogen-bond acceptors (Lipinski definition) is 28. The van der Waals surface area contributed by atoms with Crippen LogP contribution in [0.3, 0.4) is 0 Å². The minimum absolute atomic E-state index is 0. The lowest BCUT2D eigenvalue weighted by atomic mass is 10.3. The average Bonchev–Trinajstić information content (AvgIpc) is 4.11. The minimum atomic E-state index is -0.964. The number of hydrogen-bond donors (Lipinski definition) is 7. The monoisotopic (exact) mass is 1200 g/mol. The fourth-order valence-electron chi connectivity index (χ4n) is 2.10. The largest absolute Gasteiger partial charge is 0.508 e. The van der Waals surface area contributed by atoms with Gasteiger partial charge in [0, 0.05) is 21.1 Å². The molecular formula is C52H108O29. The summed E-state index contributed by atoms with van der Waals surface area (Å²) in [7, 11) is 4.64. The molecule has 0 aromatic heterocycles. The molecule has 0 aliphatic carbocycles. The van der Waals surface area contributed by atoms with Crippen LogP contribution in [0.4, 0.5) is 14.4 Å². The van der Waals surface area contributed by atoms with Crippen molar-refractivity contribution in [1.82, 2.24) is 0 Å². The van der Waals surface area contributed by atoms with Gasteiger partial charge in [0.25, 0.3) is 0 Å². The maximum Gasteiger partial charge on any atom is 0.508 e. The van der Waals surface area contributed by atoms with Gasteiger partial charge in [0.1, 0.15) is 38.6 Å². The van der Waals surface area contributed by atoms with Crippen molar-refractivity contribution in [3.05, 3.63) is 0 Å². The molecule has 4 aliphatic rings. The molecule has 13 atom stereocenters. The first-order valence-corrected chi connectivity index (χ1v) is 25.8. The molecule has 13 unspecified atom stereocenters. The Morgan fingerprint density at radius 3 is 0.815 bits per heavy atom. The van der Waals surface area contributed by atoms with Gasteiger partial charge in [-0.3, -0.25) is 4.79 Å². The second-order valence-corrected chi connectivity index (χ2v) is 17.3. The zero-order valence-electron chi connectivity index (χ0n) is 51.9. The lowest BCUT2D eigenvalue weighted by Crippen LogP contribution is -2.25. The highest BCUT2D eigenvalue weighted by Crippen LogP contribution is 2.06. The van der Waals surface area contributed by atoms with E-state index in [1.54, 1.807) is 35.0 Å². The van der Waals surface area contributed by atoms with Gasteiger partial charge < -0.3 is 103 Å². The van der Waals surface area contributed by atoms with E-state index >= 15 is 0 Å². The molecule has 29 nitrogen and oxygen atoms in total. The SMILES string of the molecule is CC(O)CO.CC(O)COC(=O)OCC(C)OC(=O)OCC(C)O.CC1CO1.CC1CO1.CC1CO1.CC1CO1.CCC(C)O.CCC(C)OC.CCC(C)OC(=O)OCC(C)O.COC(C)=O.COCC(C)O.O.O=C=O.O=C=O. The summed E-state index contributed by atoms with van der Waals surface area (Å²) in [5.41, 5.74) is 0. The number of esters is 1. The fourth-order valence-corrected chi connectivity index (χ4v) is 2.10. The van der Waals surface area contributed by atoms with Gasteiger partial charge in [-0.25, -0.2) is 14.4 Å². The van der Waals surface area contributed by atoms with E-state index in [0.717, 1.165) is 45.7 Å². The van der Waals surface area contributed by atoms with E-state index in [1.165, 1.54) is 48.7 Å². The van der Waals surface area contributed by atoms with Crippen LogP contribution in [-0.2, 0) is 85.6 Å². The van der Waals surface area contributed by atoms with Crippen molar-refractivity contribution >= 4 is 36.7 Å². The lowest BCUT2D eigenvalue weighted by Gasteiger charge is -2.14. The highest BCUT2D eigenvalue weighted by molar-refractivity contribution is 5.65. The van der Waals surface area contributed by atoms with Crippen molar-refractivity contribution in [2.45, 2.75) is 216 Å². The van der Waals surface area contributed by atoms with Gasteiger partial charge in [-0.1, -0.05) is 20.8 Å². The third kappa shape index (κ3) is 160. The van der Waals surface area contributed by atoms with Crippen molar-refractivity contribution in [2.75, 3.05) is 87.4 Å². The molecule has 81 heavy (non-hydrogen) atoms. The molecular weight excluding hydrogens is 1090 g/mol. The molecule has 0 aromatic rings. The number of epoxide rings is 4. The summed E-state index contributed by atoms with van der Waals surface area (Å²) in [6.45, 7) is 34.0. The van der Waals surface area contributed by atoms with Crippen LogP contribution in [0.5, 0.6) is 0 Å². The summed E-state index contributed by atoms with van der Waals surface area (Å²) in [6.07, 6.45) is -0.716. The maximum atomic E-state index is 11.1. The van der Waals surface area contributed by atoms with E-state index < -0.39 is 49.0 Å². The number of methoxy groups -OCH3 is 3. The first-order chi connectivity index (χ1) is 37.2. The van der Waals surface area contributed by atoms with Crippen molar-refractivity contribution < 1.29 is 141 Å². The summed E-state index contributed by atoms with van der Waals surface area (Å²) < 4.78 is 60.2. The van der Waals surface area contributed by atoms with E-state index in [1.807, 2.05) is 13.8 Å². The summed E-state index contributed by atoms with van der Waals surface area (Å²) in [5, 5.41) is 59.3. The van der Waals surface area contributed by atoms with Gasteiger partial charge in [-0.2, -0.15) is 19.2 Å². The predicted molar refractivity (Wildman–Crippen MR) is 290 cm³/mol. The molecule has 490 valence electrons. The van der Waals surface area contributed by atoms with Crippen LogP contribution in [-0.4, -0.2) is 245 Å². The fraction of sp³-hybridized carbons (Fsp3) is 0.885. The smallest absolute Gasteiger partial charge is 0.469 e. The molecule has 4 rings (SSSR count). The normalized spacial score (nSPS) is 18.2. The summed E-state index contributed by atoms with van der Waals surface area (Å²) in [5.74, 6) is -0.245. The van der Waals surface area contributed by atoms with E-state index in [-0.39, 0.29) is 75.1 Å². The van der Waals surface area contributed by atoms with Gasteiger partial charge >= 0.3 is 36.7 Å². The van der Waals surface area contributed by atoms with Gasteiger partial charge in [0.15, 0.2) is 0 Å². The zero-order chi connectivity index (χ0) is 64.6. The lowest BCUT2D eigenvalue weighted by molar-refractivity contribution is -0.193. The molecule has 0 saturated carbocycles. The topological polar surface area (TPSA) is 443 Å². The van der Waals surface area contributed by atoms with Crippen LogP contribution in [0, 0.1) is 0 Å². The molecule has 4 aliphatic heterocycles. The predicted octanol–water partition coefficient (Wildman–Crippen LogP) is 3.15. The Balaban J connectivity index is -0.0000000888. The standard InChI is InChI=1S/C11H20O8.C8H16O4.C5H12O.C4H10O2.C4H10O.C3H6O2.C3H8O2.4C3H6O.2CO2.H2O/c1-7(12)4-16-10(14)18-6-9(3)19-11(15)17-5-8(2)13;1-4-7(3)12-8(10)11-5-6(2)9;1-4-5(2)6-3;1-4(5)3-6-2;1-3-4(2)5;1-3(4)5-2;1-3(5)2-4;4*1-3-2-4-3;2*2-1-3;/h7-9,12-13H,4-6H2,1-3H3;6-7,9H,4-5H2,1-3H3;5H,4H2,1-3H3;4-5H,3H2,1-2H3;4-5H,3H2,1-2H3;1-2H3;3-5H,2H2,1H3;4*3H,2H2,1H3;;;1H2.